The van der Waals surface area contributed by atoms with Crippen molar-refractivity contribution in [2.45, 2.75) is 20.3 Å². The van der Waals surface area contributed by atoms with Crippen molar-refractivity contribution >= 4 is 31.0 Å². The summed E-state index contributed by atoms with van der Waals surface area (Å²) in [7, 11) is -4.22. The van der Waals surface area contributed by atoms with Crippen molar-refractivity contribution in [3.05, 3.63) is 0 Å². The van der Waals surface area contributed by atoms with Gasteiger partial charge in [0.05, 0.1) is 0 Å². The molecule has 56 valence electrons. The average molecular weight is 174 g/mol. The third-order valence-corrected chi connectivity index (χ3v) is 1.79. The van der Waals surface area contributed by atoms with Crippen LogP contribution >= 0.6 is 7.94 Å². The zero-order chi connectivity index (χ0) is 7.49. The van der Waals surface area contributed by atoms with E-state index < -0.39 is 7.94 Å². The Morgan fingerprint density at radius 3 is 1.70 bits per heavy atom. The van der Waals surface area contributed by atoms with Gasteiger partial charge < -0.3 is 14.7 Å². The first-order chi connectivity index (χ1) is 3.92. The van der Waals surface area contributed by atoms with E-state index in [4.69, 9.17) is 0 Å². The van der Waals surface area contributed by atoms with Gasteiger partial charge in [0.25, 0.3) is 0 Å². The number of hydrogen-bond acceptors (Lipinski definition) is 3. The molecule has 0 unspecified atom stereocenters. The minimum absolute atomic E-state index is 0. The molecule has 0 fully saturated rings. The maximum atomic E-state index is 10.0. The molecule has 5 heteroatoms. The van der Waals surface area contributed by atoms with Crippen LogP contribution in [0.2, 0.25) is 0 Å². The molecule has 0 N–H and O–H groups in total. The first-order valence-corrected chi connectivity index (χ1v) is 4.65. The summed E-state index contributed by atoms with van der Waals surface area (Å²) in [4.78, 5) is 30.0. The van der Waals surface area contributed by atoms with Crippen LogP contribution in [0.3, 0.4) is 0 Å². The minimum atomic E-state index is -4.22. The Morgan fingerprint density at radius 1 is 1.20 bits per heavy atom. The molecule has 0 aliphatic carbocycles. The van der Waals surface area contributed by atoms with Crippen LogP contribution in [-0.4, -0.2) is 29.2 Å². The van der Waals surface area contributed by atoms with E-state index in [1.165, 1.54) is 0 Å². The molecule has 0 saturated heterocycles. The molecule has 0 amide bonds. The van der Waals surface area contributed by atoms with Crippen LogP contribution in [0.5, 0.6) is 0 Å². The smallest absolute Gasteiger partial charge is 0.688 e. The molecule has 0 spiro atoms. The average Bonchev–Trinajstić information content (AvgIpc) is 1.59. The van der Waals surface area contributed by atoms with Gasteiger partial charge in [-0.05, 0) is 12.3 Å². The second kappa shape index (κ2) is 5.69. The zero-order valence-electron chi connectivity index (χ0n) is 6.37. The molecule has 0 aromatic heterocycles. The van der Waals surface area contributed by atoms with Gasteiger partial charge in [-0.2, -0.15) is 7.94 Å². The molecule has 10 heavy (non-hydrogen) atoms. The van der Waals surface area contributed by atoms with E-state index in [1.807, 2.05) is 13.8 Å². The van der Waals surface area contributed by atoms with E-state index in [-0.39, 0.29) is 29.2 Å². The molecule has 0 aliphatic heterocycles. The maximum absolute atomic E-state index is 10.0. The quantitative estimate of drug-likeness (QED) is 0.386. The second-order valence-corrected chi connectivity index (χ2v) is 4.19. The summed E-state index contributed by atoms with van der Waals surface area (Å²) in [6.07, 6.45) is 0.273. The van der Waals surface area contributed by atoms with E-state index in [2.05, 4.69) is 0 Å². The Morgan fingerprint density at radius 2 is 1.60 bits per heavy atom. The third-order valence-electron chi connectivity index (χ3n) is 0.980. The van der Waals surface area contributed by atoms with Crippen LogP contribution in [0.1, 0.15) is 20.3 Å². The van der Waals surface area contributed by atoms with E-state index in [0.29, 0.717) is 12.3 Å². The van der Waals surface area contributed by atoms with Crippen LogP contribution in [0.15, 0.2) is 0 Å². The summed E-state index contributed by atoms with van der Waals surface area (Å²) in [6, 6.07) is 0. The topological polar surface area (TPSA) is 69.2 Å². The summed E-state index contributed by atoms with van der Waals surface area (Å²) in [5, 5.41) is 0. The van der Waals surface area contributed by atoms with Gasteiger partial charge in [-0.15, -0.1) is 0 Å². The summed E-state index contributed by atoms with van der Waals surface area (Å²) in [5.74, 6) is 0.293. The Labute approximate surface area is 78.2 Å². The predicted molar refractivity (Wildman–Crippen MR) is 37.0 cm³/mol. The van der Waals surface area contributed by atoms with Crippen molar-refractivity contribution in [3.8, 4) is 0 Å². The van der Waals surface area contributed by atoms with E-state index in [0.717, 1.165) is 0 Å². The van der Waals surface area contributed by atoms with Gasteiger partial charge in [-0.25, -0.2) is 0 Å². The normalized spacial score (nSPS) is 11.4. The van der Waals surface area contributed by atoms with Gasteiger partial charge in [0, 0.05) is 6.16 Å². The van der Waals surface area contributed by atoms with Crippen molar-refractivity contribution in [3.63, 3.8) is 0 Å². The summed E-state index contributed by atoms with van der Waals surface area (Å²) >= 11 is 0. The van der Waals surface area contributed by atoms with Gasteiger partial charge >= 0.3 is 23.1 Å². The van der Waals surface area contributed by atoms with Crippen LogP contribution in [0, 0.1) is 5.92 Å². The Hall–Kier alpha value is 1.08. The standard InChI is InChI=1S/C5H13O3P.Mg/c1-5(2)3-4-9(6,7)8;/h5H,3-4H2,1-2H3,(H2,6,7,8);/q;+2/p-2. The molecule has 0 aliphatic rings. The van der Waals surface area contributed by atoms with Gasteiger partial charge in [0.1, 0.15) is 0 Å². The summed E-state index contributed by atoms with van der Waals surface area (Å²) in [5.41, 5.74) is 0. The maximum Gasteiger partial charge on any atom is 2.00 e. The molecular weight excluding hydrogens is 163 g/mol. The van der Waals surface area contributed by atoms with Crippen molar-refractivity contribution in [2.75, 3.05) is 6.16 Å². The molecule has 0 radical (unpaired) electrons. The van der Waals surface area contributed by atoms with Gasteiger partial charge in [0.15, 0.2) is 0 Å². The van der Waals surface area contributed by atoms with Crippen molar-refractivity contribution in [2.24, 2.45) is 5.92 Å². The Balaban J connectivity index is 0. The third kappa shape index (κ3) is 11.8. The van der Waals surface area contributed by atoms with Crippen LogP contribution in [0.25, 0.3) is 0 Å². The molecule has 0 heterocycles. The van der Waals surface area contributed by atoms with Gasteiger partial charge in [-0.3, -0.25) is 0 Å². The molecule has 3 nitrogen and oxygen atoms in total. The van der Waals surface area contributed by atoms with Gasteiger partial charge in [-0.1, -0.05) is 13.8 Å². The van der Waals surface area contributed by atoms with Crippen LogP contribution in [0.4, 0.5) is 0 Å². The molecular formula is C5H11MgO3P. The number of rotatable bonds is 3. The van der Waals surface area contributed by atoms with E-state index in [9.17, 15) is 14.7 Å². The Bertz CT molecular complexity index is 81.5. The fraction of sp³-hybridized carbons (Fsp3) is 1.00. The number of hydrogen-bond donors (Lipinski definition) is 0. The molecule has 0 atom stereocenters. The molecule has 0 aromatic rings. The van der Waals surface area contributed by atoms with E-state index in [1.54, 1.807) is 0 Å². The Kier molecular flexibility index (Phi) is 7.77. The van der Waals surface area contributed by atoms with Crippen molar-refractivity contribution in [1.29, 1.82) is 0 Å². The summed E-state index contributed by atoms with van der Waals surface area (Å²) in [6.45, 7) is 3.77. The monoisotopic (exact) mass is 174 g/mol. The molecule has 0 saturated carbocycles. The zero-order valence-corrected chi connectivity index (χ0v) is 8.68. The fourth-order valence-corrected chi connectivity index (χ4v) is 1.25. The summed E-state index contributed by atoms with van der Waals surface area (Å²) < 4.78 is 0. The van der Waals surface area contributed by atoms with Crippen molar-refractivity contribution < 1.29 is 14.7 Å². The molecule has 0 rings (SSSR count). The van der Waals surface area contributed by atoms with Crippen molar-refractivity contribution in [1.82, 2.24) is 0 Å². The first-order valence-electron chi connectivity index (χ1n) is 2.93. The minimum Gasteiger partial charge on any atom is -0.688 e. The van der Waals surface area contributed by atoms with E-state index >= 15 is 0 Å². The largest absolute Gasteiger partial charge is 2.00 e. The predicted octanol–water partition coefficient (Wildman–Crippen LogP) is -1.50. The SMILES string of the molecule is CC(C)CC[P+]([O-])([O-])[O-].[Mg+2]. The first kappa shape index (κ1) is 13.7. The van der Waals surface area contributed by atoms with Crippen LogP contribution < -0.4 is 14.7 Å². The second-order valence-electron chi connectivity index (χ2n) is 2.52. The van der Waals surface area contributed by atoms with Crippen LogP contribution in [-0.2, 0) is 0 Å². The van der Waals surface area contributed by atoms with Gasteiger partial charge in [0.2, 0.25) is 0 Å². The molecule has 0 aromatic carbocycles. The fourth-order valence-electron chi connectivity index (χ4n) is 0.416. The molecule has 0 bridgehead atoms.